The summed E-state index contributed by atoms with van der Waals surface area (Å²) < 4.78 is -0.630. The fourth-order valence-electron chi connectivity index (χ4n) is 4.83. The summed E-state index contributed by atoms with van der Waals surface area (Å²) in [5, 5.41) is 6.06. The Morgan fingerprint density at radius 3 is 1.35 bits per heavy atom. The van der Waals surface area contributed by atoms with E-state index in [4.69, 9.17) is 46.4 Å². The SMILES string of the molecule is O=C1C2CC=CCC2C(=O)N1SC(Cl)(Cl)C(Cl)Cl.O=C1C=C(NCc2ccccc2)C(=O)C=C1NCc1ccccc1.c1ccccc1. The van der Waals surface area contributed by atoms with Gasteiger partial charge >= 0.3 is 0 Å². The molecule has 0 radical (unpaired) electrons. The van der Waals surface area contributed by atoms with Crippen molar-refractivity contribution in [1.29, 1.82) is 0 Å². The molecule has 2 unspecified atom stereocenters. The van der Waals surface area contributed by atoms with Crippen molar-refractivity contribution in [1.82, 2.24) is 14.9 Å². The molecule has 2 atom stereocenters. The first-order valence-corrected chi connectivity index (χ1v) is 17.4. The summed E-state index contributed by atoms with van der Waals surface area (Å²) in [4.78, 5) is 47.4. The summed E-state index contributed by atoms with van der Waals surface area (Å²) in [6.45, 7) is 1.01. The Balaban J connectivity index is 0.000000190. The van der Waals surface area contributed by atoms with Gasteiger partial charge in [-0.3, -0.25) is 19.2 Å². The lowest BCUT2D eigenvalue weighted by molar-refractivity contribution is -0.133. The lowest BCUT2D eigenvalue weighted by Gasteiger charge is -2.24. The highest BCUT2D eigenvalue weighted by Gasteiger charge is 2.51. The fraction of sp³-hybridized carbons (Fsp3) is 0.222. The van der Waals surface area contributed by atoms with Crippen LogP contribution in [0.1, 0.15) is 24.0 Å². The van der Waals surface area contributed by atoms with Gasteiger partial charge in [-0.25, -0.2) is 4.31 Å². The molecule has 7 nitrogen and oxygen atoms in total. The van der Waals surface area contributed by atoms with E-state index in [1.165, 1.54) is 12.2 Å². The summed E-state index contributed by atoms with van der Waals surface area (Å²) in [5.41, 5.74) is 2.76. The predicted molar refractivity (Wildman–Crippen MR) is 194 cm³/mol. The number of halogens is 4. The van der Waals surface area contributed by atoms with Gasteiger partial charge < -0.3 is 10.6 Å². The van der Waals surface area contributed by atoms with E-state index in [0.717, 1.165) is 15.4 Å². The number of nitrogens with zero attached hydrogens (tertiary/aromatic N) is 1. The average molecular weight is 746 g/mol. The van der Waals surface area contributed by atoms with Crippen LogP contribution >= 0.6 is 58.4 Å². The minimum atomic E-state index is -1.63. The van der Waals surface area contributed by atoms with Crippen LogP contribution < -0.4 is 10.6 Å². The van der Waals surface area contributed by atoms with E-state index in [2.05, 4.69) is 10.6 Å². The number of alkyl halides is 4. The zero-order valence-electron chi connectivity index (χ0n) is 25.6. The molecule has 3 aromatic carbocycles. The lowest BCUT2D eigenvalue weighted by Crippen LogP contribution is -2.31. The molecule has 2 amide bonds. The van der Waals surface area contributed by atoms with Gasteiger partial charge in [0, 0.05) is 37.2 Å². The van der Waals surface area contributed by atoms with E-state index in [9.17, 15) is 19.2 Å². The van der Waals surface area contributed by atoms with E-state index in [0.29, 0.717) is 49.3 Å². The van der Waals surface area contributed by atoms with Crippen LogP contribution in [0.5, 0.6) is 0 Å². The number of carbonyl (C=O) groups excluding carboxylic acids is 4. The quantitative estimate of drug-likeness (QED) is 0.0763. The van der Waals surface area contributed by atoms with Crippen molar-refractivity contribution in [3.63, 3.8) is 0 Å². The molecule has 0 aromatic heterocycles. The van der Waals surface area contributed by atoms with Crippen LogP contribution in [0.15, 0.2) is 133 Å². The first-order chi connectivity index (χ1) is 23.1. The topological polar surface area (TPSA) is 95.6 Å². The van der Waals surface area contributed by atoms with E-state index < -0.39 is 8.50 Å². The number of benzene rings is 3. The molecule has 1 fully saturated rings. The third-order valence-corrected chi connectivity index (χ3v) is 10.6. The highest BCUT2D eigenvalue weighted by Crippen LogP contribution is 2.48. The standard InChI is InChI=1S/C20H18N2O2.C10H9Cl4NO2S.C6H6/c23-19-12-18(22-14-16-9-5-2-6-10-16)20(24)11-17(19)21-13-15-7-3-1-4-8-15;11-9(12)10(13,14)18-15-7(16)5-3-1-2-4-6(5)8(15)17;1-2-4-6-5-3-1/h1-12,21-22H,13-14H2;1-2,5-6,9H,3-4H2;1-6H. The van der Waals surface area contributed by atoms with Crippen molar-refractivity contribution in [2.24, 2.45) is 11.8 Å². The molecule has 6 rings (SSSR count). The molecule has 3 aliphatic rings. The Morgan fingerprint density at radius 1 is 0.646 bits per heavy atom. The van der Waals surface area contributed by atoms with Crippen molar-refractivity contribution in [3.05, 3.63) is 144 Å². The summed E-state index contributed by atoms with van der Waals surface area (Å²) in [5.74, 6) is -1.58. The molecule has 0 spiro atoms. The van der Waals surface area contributed by atoms with Gasteiger partial charge in [0.05, 0.1) is 23.2 Å². The third-order valence-electron chi connectivity index (χ3n) is 7.33. The van der Waals surface area contributed by atoms with Crippen LogP contribution in [0.25, 0.3) is 0 Å². The number of imide groups is 1. The zero-order chi connectivity index (χ0) is 34.5. The smallest absolute Gasteiger partial charge is 0.243 e. The molecule has 12 heteroatoms. The second-order valence-electron chi connectivity index (χ2n) is 10.8. The molecule has 250 valence electrons. The normalized spacial score (nSPS) is 18.6. The van der Waals surface area contributed by atoms with Crippen LogP contribution in [0.3, 0.4) is 0 Å². The molecule has 2 N–H and O–H groups in total. The Morgan fingerprint density at radius 2 is 1.00 bits per heavy atom. The lowest BCUT2D eigenvalue weighted by atomic mass is 9.85. The van der Waals surface area contributed by atoms with Crippen LogP contribution in [0.4, 0.5) is 0 Å². The number of rotatable bonds is 9. The summed E-state index contributed by atoms with van der Waals surface area (Å²) in [6, 6.07) is 31.5. The highest BCUT2D eigenvalue weighted by atomic mass is 35.5. The number of hydrogen-bond donors (Lipinski definition) is 2. The summed E-state index contributed by atoms with van der Waals surface area (Å²) >= 11 is 23.7. The van der Waals surface area contributed by atoms with Gasteiger partial charge in [0.1, 0.15) is 0 Å². The first kappa shape index (κ1) is 37.3. The summed E-state index contributed by atoms with van der Waals surface area (Å²) in [6.07, 6.45) is 7.66. The van der Waals surface area contributed by atoms with Crippen LogP contribution in [0, 0.1) is 11.8 Å². The maximum absolute atomic E-state index is 12.2. The molecule has 1 aliphatic heterocycles. The van der Waals surface area contributed by atoms with Crippen molar-refractivity contribution in [2.45, 2.75) is 34.4 Å². The molecular weight excluding hydrogens is 712 g/mol. The van der Waals surface area contributed by atoms with Gasteiger partial charge in [0.15, 0.2) is 4.84 Å². The maximum atomic E-state index is 12.2. The Bertz CT molecular complexity index is 1530. The Hall–Kier alpha value is -3.53. The van der Waals surface area contributed by atoms with Crippen LogP contribution in [-0.2, 0) is 32.3 Å². The number of allylic oxidation sites excluding steroid dienone is 4. The number of nitrogens with one attached hydrogen (secondary N) is 2. The minimum absolute atomic E-state index is 0.193. The number of ketones is 2. The van der Waals surface area contributed by atoms with E-state index in [1.807, 2.05) is 109 Å². The number of amides is 2. The second kappa shape index (κ2) is 18.3. The van der Waals surface area contributed by atoms with Gasteiger partial charge in [-0.1, -0.05) is 132 Å². The molecule has 2 aliphatic carbocycles. The monoisotopic (exact) mass is 743 g/mol. The largest absolute Gasteiger partial charge is 0.378 e. The van der Waals surface area contributed by atoms with Crippen molar-refractivity contribution < 1.29 is 19.2 Å². The zero-order valence-corrected chi connectivity index (χ0v) is 29.4. The predicted octanol–water partition coefficient (Wildman–Crippen LogP) is 7.69. The minimum Gasteiger partial charge on any atom is -0.378 e. The van der Waals surface area contributed by atoms with Gasteiger partial charge in [0.25, 0.3) is 0 Å². The van der Waals surface area contributed by atoms with Crippen molar-refractivity contribution in [2.75, 3.05) is 0 Å². The molecule has 48 heavy (non-hydrogen) atoms. The number of fused-ring (bicyclic) bond motifs is 1. The second-order valence-corrected chi connectivity index (χ2v) is 14.9. The highest BCUT2D eigenvalue weighted by molar-refractivity contribution is 8.02. The van der Waals surface area contributed by atoms with Gasteiger partial charge in [-0.05, 0) is 24.0 Å². The Labute approximate surface area is 304 Å². The van der Waals surface area contributed by atoms with E-state index >= 15 is 0 Å². The Kier molecular flexibility index (Phi) is 14.2. The number of carbonyl (C=O) groups is 4. The fourth-order valence-corrected chi connectivity index (χ4v) is 6.26. The molecule has 1 saturated heterocycles. The van der Waals surface area contributed by atoms with Crippen LogP contribution in [-0.4, -0.2) is 36.2 Å². The molecular formula is C36H33Cl4N3O4S. The van der Waals surface area contributed by atoms with Gasteiger partial charge in [0.2, 0.25) is 27.0 Å². The molecule has 0 bridgehead atoms. The van der Waals surface area contributed by atoms with Gasteiger partial charge in [-0.15, -0.1) is 23.2 Å². The van der Waals surface area contributed by atoms with E-state index in [-0.39, 0.29) is 35.2 Å². The molecule has 0 saturated carbocycles. The molecule has 3 aromatic rings. The van der Waals surface area contributed by atoms with E-state index in [1.54, 1.807) is 0 Å². The maximum Gasteiger partial charge on any atom is 0.243 e. The molecule has 1 heterocycles. The van der Waals surface area contributed by atoms with Crippen molar-refractivity contribution in [3.8, 4) is 0 Å². The first-order valence-electron chi connectivity index (χ1n) is 15.0. The van der Waals surface area contributed by atoms with Crippen molar-refractivity contribution >= 4 is 81.7 Å². The summed E-state index contributed by atoms with van der Waals surface area (Å²) in [7, 11) is 0. The van der Waals surface area contributed by atoms with Crippen LogP contribution in [0.2, 0.25) is 0 Å². The average Bonchev–Trinajstić information content (AvgIpc) is 3.34. The number of hydrogen-bond acceptors (Lipinski definition) is 7. The van der Waals surface area contributed by atoms with Gasteiger partial charge in [-0.2, -0.15) is 0 Å². The third kappa shape index (κ3) is 10.7.